The first-order valence-electron chi connectivity index (χ1n) is 22.6. The number of fused-ring (bicyclic) bond motifs is 10. The molecule has 0 aliphatic carbocycles. The van der Waals surface area contributed by atoms with Crippen molar-refractivity contribution in [2.75, 3.05) is 9.80 Å². The summed E-state index contributed by atoms with van der Waals surface area (Å²) in [7, 11) is 0. The van der Waals surface area contributed by atoms with E-state index in [0.717, 1.165) is 133 Å². The lowest BCUT2D eigenvalue weighted by Crippen LogP contribution is -2.11. The van der Waals surface area contributed by atoms with Gasteiger partial charge < -0.3 is 23.4 Å². The zero-order valence-corrected chi connectivity index (χ0v) is 36.1. The molecule has 0 N–H and O–H groups in total. The molecule has 0 bridgehead atoms. The van der Waals surface area contributed by atoms with E-state index in [0.29, 0.717) is 0 Å². The summed E-state index contributed by atoms with van der Waals surface area (Å²) >= 11 is 0. The van der Waals surface area contributed by atoms with Crippen LogP contribution in [0, 0.1) is 0 Å². The van der Waals surface area contributed by atoms with Crippen molar-refractivity contribution < 1.29 is 13.6 Å². The lowest BCUT2D eigenvalue weighted by Gasteiger charge is -2.29. The highest BCUT2D eigenvalue weighted by Gasteiger charge is 2.26. The molecule has 0 fully saturated rings. The Morgan fingerprint density at radius 1 is 0.299 bits per heavy atom. The van der Waals surface area contributed by atoms with Crippen molar-refractivity contribution in [1.29, 1.82) is 0 Å². The molecule has 1 aliphatic rings. The van der Waals surface area contributed by atoms with Crippen molar-refractivity contribution in [2.45, 2.75) is 0 Å². The number of nitrogens with zero attached hydrogens (tertiary/aromatic N) is 2. The lowest BCUT2D eigenvalue weighted by atomic mass is 9.90. The second kappa shape index (κ2) is 14.7. The van der Waals surface area contributed by atoms with E-state index >= 15 is 0 Å². The van der Waals surface area contributed by atoms with Gasteiger partial charge in [0.1, 0.15) is 28.2 Å². The molecule has 0 spiro atoms. The van der Waals surface area contributed by atoms with Gasteiger partial charge >= 0.3 is 0 Å². The maximum atomic E-state index is 6.98. The molecule has 13 aromatic rings. The minimum Gasteiger partial charge on any atom is -0.456 e. The number of hydrogen-bond donors (Lipinski definition) is 0. The fraction of sp³-hybridized carbons (Fsp3) is 0. The van der Waals surface area contributed by atoms with Crippen molar-refractivity contribution >= 4 is 99.5 Å². The van der Waals surface area contributed by atoms with Crippen LogP contribution < -0.4 is 14.5 Å². The van der Waals surface area contributed by atoms with Gasteiger partial charge in [-0.05, 0) is 118 Å². The number of ether oxygens (including phenoxy) is 1. The van der Waals surface area contributed by atoms with E-state index in [1.807, 2.05) is 30.3 Å². The second-order valence-electron chi connectivity index (χ2n) is 17.2. The van der Waals surface area contributed by atoms with Crippen LogP contribution >= 0.6 is 0 Å². The first-order valence-corrected chi connectivity index (χ1v) is 22.6. The van der Waals surface area contributed by atoms with E-state index in [1.165, 1.54) is 0 Å². The molecule has 11 aromatic carbocycles. The topological polar surface area (TPSA) is 42.0 Å². The predicted molar refractivity (Wildman–Crippen MR) is 276 cm³/mol. The fourth-order valence-corrected chi connectivity index (χ4v) is 10.4. The zero-order valence-electron chi connectivity index (χ0n) is 36.1. The quantitative estimate of drug-likeness (QED) is 0.149. The summed E-state index contributed by atoms with van der Waals surface area (Å²) in [6.45, 7) is 0. The maximum Gasteiger partial charge on any atom is 0.159 e. The molecule has 0 saturated carbocycles. The number of para-hydroxylation sites is 5. The summed E-state index contributed by atoms with van der Waals surface area (Å²) in [4.78, 5) is 4.65. The smallest absolute Gasteiger partial charge is 0.159 e. The SMILES string of the molecule is c1ccc(-c2ccccc2N(c2ccc3cc4c5c(cccc5c3c2)Oc2cc(N(c3ccccc3)c3cccc5c3oc3ccccc35)ccc2-4)c2ccc3oc4ccccc4c3c2)cc1. The molecule has 0 saturated heterocycles. The van der Waals surface area contributed by atoms with Crippen LogP contribution in [0.3, 0.4) is 0 Å². The van der Waals surface area contributed by atoms with E-state index in [2.05, 4.69) is 210 Å². The lowest BCUT2D eigenvalue weighted by molar-refractivity contribution is 0.487. The number of hydrogen-bond acceptors (Lipinski definition) is 5. The number of furan rings is 2. The minimum absolute atomic E-state index is 0.803. The molecule has 0 radical (unpaired) electrons. The Morgan fingerprint density at radius 3 is 1.75 bits per heavy atom. The van der Waals surface area contributed by atoms with Crippen molar-refractivity contribution in [1.82, 2.24) is 0 Å². The van der Waals surface area contributed by atoms with E-state index < -0.39 is 0 Å². The molecule has 0 unspecified atom stereocenters. The summed E-state index contributed by atoms with van der Waals surface area (Å²) in [6, 6.07) is 81.4. The summed E-state index contributed by atoms with van der Waals surface area (Å²) < 4.78 is 19.9. The standard InChI is InChI=1S/C62H38N2O3/c1-3-15-39(16-4-1)45-19-7-10-24-54(45)64(43-32-34-58-52(37-43)47-21-9-11-26-56(47)65-58)42-30-29-40-35-53-48-33-31-44(38-60(48)66-59-28-14-22-49(61(53)59)51(40)36-42)63(41-17-5-2-6-18-41)55-25-13-23-50-46-20-8-12-27-57(46)67-62(50)55/h1-38H. The van der Waals surface area contributed by atoms with Crippen LogP contribution in [0.5, 0.6) is 11.5 Å². The van der Waals surface area contributed by atoms with Crippen molar-refractivity contribution in [2.24, 2.45) is 0 Å². The summed E-state index contributed by atoms with van der Waals surface area (Å²) in [5, 5.41) is 8.88. The summed E-state index contributed by atoms with van der Waals surface area (Å²) in [5.41, 5.74) is 14.1. The van der Waals surface area contributed by atoms with E-state index in [-0.39, 0.29) is 0 Å². The third-order valence-corrected chi connectivity index (χ3v) is 13.4. The van der Waals surface area contributed by atoms with E-state index in [1.54, 1.807) is 0 Å². The van der Waals surface area contributed by atoms with Gasteiger partial charge in [-0.25, -0.2) is 0 Å². The average molecular weight is 859 g/mol. The Bertz CT molecular complexity index is 4100. The highest BCUT2D eigenvalue weighted by molar-refractivity contribution is 6.18. The van der Waals surface area contributed by atoms with Crippen LogP contribution in [0.2, 0.25) is 0 Å². The Balaban J connectivity index is 0.931. The van der Waals surface area contributed by atoms with Gasteiger partial charge in [-0.15, -0.1) is 0 Å². The van der Waals surface area contributed by atoms with Gasteiger partial charge in [-0.2, -0.15) is 0 Å². The molecular formula is C62H38N2O3. The number of benzene rings is 11. The predicted octanol–water partition coefficient (Wildman–Crippen LogP) is 18.2. The molecule has 5 nitrogen and oxygen atoms in total. The maximum absolute atomic E-state index is 6.98. The summed E-state index contributed by atoms with van der Waals surface area (Å²) in [5.74, 6) is 1.63. The Labute approximate surface area is 385 Å². The van der Waals surface area contributed by atoms with Gasteiger partial charge in [0.05, 0.1) is 17.1 Å². The monoisotopic (exact) mass is 858 g/mol. The van der Waals surface area contributed by atoms with E-state index in [4.69, 9.17) is 13.6 Å². The van der Waals surface area contributed by atoms with Crippen molar-refractivity contribution in [3.8, 4) is 33.8 Å². The second-order valence-corrected chi connectivity index (χ2v) is 17.2. The average Bonchev–Trinajstić information content (AvgIpc) is 3.96. The van der Waals surface area contributed by atoms with Crippen LogP contribution in [-0.4, -0.2) is 0 Å². The molecule has 314 valence electrons. The van der Waals surface area contributed by atoms with Gasteiger partial charge in [-0.1, -0.05) is 133 Å². The molecule has 3 heterocycles. The van der Waals surface area contributed by atoms with Gasteiger partial charge in [-0.3, -0.25) is 0 Å². The van der Waals surface area contributed by atoms with Crippen molar-refractivity contribution in [3.05, 3.63) is 231 Å². The molecular weight excluding hydrogens is 821 g/mol. The van der Waals surface area contributed by atoms with Crippen LogP contribution in [-0.2, 0) is 0 Å². The van der Waals surface area contributed by atoms with Crippen LogP contribution in [0.15, 0.2) is 239 Å². The third-order valence-electron chi connectivity index (χ3n) is 13.4. The van der Waals surface area contributed by atoms with E-state index in [9.17, 15) is 0 Å². The molecule has 2 aromatic heterocycles. The van der Waals surface area contributed by atoms with Gasteiger partial charge in [0.2, 0.25) is 0 Å². The first-order chi connectivity index (χ1) is 33.2. The van der Waals surface area contributed by atoms with Crippen LogP contribution in [0.25, 0.3) is 87.7 Å². The molecule has 5 heteroatoms. The third kappa shape index (κ3) is 5.88. The fourth-order valence-electron chi connectivity index (χ4n) is 10.4. The Morgan fingerprint density at radius 2 is 0.896 bits per heavy atom. The van der Waals surface area contributed by atoms with Crippen molar-refractivity contribution in [3.63, 3.8) is 0 Å². The normalized spacial score (nSPS) is 12.0. The summed E-state index contributed by atoms with van der Waals surface area (Å²) in [6.07, 6.45) is 0. The highest BCUT2D eigenvalue weighted by Crippen LogP contribution is 2.52. The Kier molecular flexibility index (Phi) is 8.21. The molecule has 1 aliphatic heterocycles. The van der Waals surface area contributed by atoms with Crippen LogP contribution in [0.1, 0.15) is 0 Å². The van der Waals surface area contributed by atoms with Gasteiger partial charge in [0.25, 0.3) is 0 Å². The zero-order chi connectivity index (χ0) is 44.0. The van der Waals surface area contributed by atoms with Gasteiger partial charge in [0, 0.05) is 61.2 Å². The highest BCUT2D eigenvalue weighted by atomic mass is 16.5. The molecule has 0 atom stereocenters. The molecule has 67 heavy (non-hydrogen) atoms. The molecule has 14 rings (SSSR count). The van der Waals surface area contributed by atoms with Crippen LogP contribution in [0.4, 0.5) is 34.1 Å². The first kappa shape index (κ1) is 37.3. The van der Waals surface area contributed by atoms with Gasteiger partial charge in [0.15, 0.2) is 5.58 Å². The number of rotatable bonds is 7. The molecule has 0 amide bonds. The minimum atomic E-state index is 0.803. The number of anilines is 6. The largest absolute Gasteiger partial charge is 0.456 e. The Hall–Kier alpha value is -9.06.